The molecule has 3 aromatic rings. The number of amides is 1. The molecule has 31 heavy (non-hydrogen) atoms. The molecule has 160 valence electrons. The molecule has 4 rings (SSSR count). The van der Waals surface area contributed by atoms with Crippen LogP contribution in [0.4, 0.5) is 17.5 Å². The highest BCUT2D eigenvalue weighted by atomic mass is 16.1. The minimum atomic E-state index is -0.580. The fourth-order valence-electron chi connectivity index (χ4n) is 3.96. The number of anilines is 3. The molecule has 6 N–H and O–H groups in total. The number of nitrogens with one attached hydrogen (secondary N) is 2. The molecule has 2 aromatic carbocycles. The molecule has 2 atom stereocenters. The fourth-order valence-corrected chi connectivity index (χ4v) is 3.96. The Kier molecular flexibility index (Phi) is 6.43. The molecule has 0 unspecified atom stereocenters. The van der Waals surface area contributed by atoms with Crippen molar-refractivity contribution in [2.24, 2.45) is 11.5 Å². The summed E-state index contributed by atoms with van der Waals surface area (Å²) in [6, 6.07) is 18.5. The Balaban J connectivity index is 1.55. The van der Waals surface area contributed by atoms with Gasteiger partial charge in [-0.1, -0.05) is 55.3 Å². The summed E-state index contributed by atoms with van der Waals surface area (Å²) in [6.07, 6.45) is 6.51. The molecule has 1 aliphatic rings. The highest BCUT2D eigenvalue weighted by molar-refractivity contribution is 5.98. The second kappa shape index (κ2) is 9.57. The zero-order chi connectivity index (χ0) is 21.6. The van der Waals surface area contributed by atoms with Crippen molar-refractivity contribution in [1.82, 2.24) is 9.97 Å². The van der Waals surface area contributed by atoms with E-state index in [1.807, 2.05) is 36.4 Å². The highest BCUT2D eigenvalue weighted by Crippen LogP contribution is 2.24. The van der Waals surface area contributed by atoms with Crippen LogP contribution in [0.1, 0.15) is 47.2 Å². The number of benzene rings is 2. The van der Waals surface area contributed by atoms with Gasteiger partial charge in [0.2, 0.25) is 5.95 Å². The number of aromatic nitrogens is 2. The van der Waals surface area contributed by atoms with E-state index in [-0.39, 0.29) is 17.6 Å². The molecule has 0 bridgehead atoms. The van der Waals surface area contributed by atoms with Gasteiger partial charge in [0.05, 0.1) is 0 Å². The van der Waals surface area contributed by atoms with E-state index in [4.69, 9.17) is 11.5 Å². The minimum Gasteiger partial charge on any atom is -0.365 e. The van der Waals surface area contributed by atoms with Crippen molar-refractivity contribution in [2.45, 2.75) is 44.2 Å². The Labute approximate surface area is 182 Å². The van der Waals surface area contributed by atoms with E-state index in [9.17, 15) is 4.79 Å². The molecular formula is C24H28N6O. The Bertz CT molecular complexity index is 1040. The maximum atomic E-state index is 11.9. The van der Waals surface area contributed by atoms with Gasteiger partial charge in [-0.25, -0.2) is 4.98 Å². The normalized spacial score (nSPS) is 18.4. The van der Waals surface area contributed by atoms with Gasteiger partial charge in [-0.3, -0.25) is 4.79 Å². The zero-order valence-electron chi connectivity index (χ0n) is 17.4. The largest absolute Gasteiger partial charge is 0.365 e. The Morgan fingerprint density at radius 3 is 2.58 bits per heavy atom. The lowest BCUT2D eigenvalue weighted by atomic mass is 9.91. The van der Waals surface area contributed by atoms with Gasteiger partial charge >= 0.3 is 0 Å². The average Bonchev–Trinajstić information content (AvgIpc) is 2.76. The number of primary amides is 1. The van der Waals surface area contributed by atoms with Crippen LogP contribution in [-0.4, -0.2) is 28.0 Å². The summed E-state index contributed by atoms with van der Waals surface area (Å²) in [5, 5.41) is 6.57. The molecule has 0 aliphatic heterocycles. The van der Waals surface area contributed by atoms with Crippen molar-refractivity contribution in [3.63, 3.8) is 0 Å². The number of nitrogens with two attached hydrogens (primary N) is 2. The van der Waals surface area contributed by atoms with E-state index in [1.54, 1.807) is 0 Å². The summed E-state index contributed by atoms with van der Waals surface area (Å²) >= 11 is 0. The molecule has 1 aliphatic carbocycles. The van der Waals surface area contributed by atoms with E-state index in [0.717, 1.165) is 43.4 Å². The first kappa shape index (κ1) is 20.8. The smallest absolute Gasteiger partial charge is 0.254 e. The van der Waals surface area contributed by atoms with Gasteiger partial charge in [0, 0.05) is 24.0 Å². The third kappa shape index (κ3) is 5.38. The van der Waals surface area contributed by atoms with Gasteiger partial charge in [0.25, 0.3) is 5.91 Å². The summed E-state index contributed by atoms with van der Waals surface area (Å²) in [4.78, 5) is 20.8. The van der Waals surface area contributed by atoms with Gasteiger partial charge in [-0.05, 0) is 42.5 Å². The van der Waals surface area contributed by atoms with Gasteiger partial charge in [0.1, 0.15) is 11.4 Å². The average molecular weight is 417 g/mol. The van der Waals surface area contributed by atoms with Gasteiger partial charge in [-0.15, -0.1) is 0 Å². The van der Waals surface area contributed by atoms with Crippen LogP contribution in [0.5, 0.6) is 0 Å². The third-order valence-corrected chi connectivity index (χ3v) is 5.63. The second-order valence-corrected chi connectivity index (χ2v) is 8.01. The van der Waals surface area contributed by atoms with Crippen LogP contribution in [0, 0.1) is 0 Å². The lowest BCUT2D eigenvalue weighted by Crippen LogP contribution is -2.43. The standard InChI is InChI=1S/C24H28N6O/c25-20-11-4-5-12-21(20)29-24-27-15-19(22(26)31)23(30-24)28-18-10-6-9-17(14-18)13-16-7-2-1-3-8-16/h1-3,6-10,14-15,20-21H,4-5,11-13,25H2,(H2,26,31)(H2,27,28,29,30)/t20-,21+/m0/s1. The first-order valence-corrected chi connectivity index (χ1v) is 10.7. The first-order chi connectivity index (χ1) is 15.1. The summed E-state index contributed by atoms with van der Waals surface area (Å²) < 4.78 is 0. The molecule has 0 spiro atoms. The number of hydrogen-bond donors (Lipinski definition) is 4. The molecule has 0 saturated heterocycles. The molecule has 7 nitrogen and oxygen atoms in total. The SMILES string of the molecule is NC(=O)c1cnc(N[C@@H]2CCCC[C@@H]2N)nc1Nc1cccc(Cc2ccccc2)c1. The molecule has 1 heterocycles. The van der Waals surface area contributed by atoms with Crippen molar-refractivity contribution in [1.29, 1.82) is 0 Å². The van der Waals surface area contributed by atoms with E-state index in [2.05, 4.69) is 38.8 Å². The molecule has 1 aromatic heterocycles. The molecule has 1 saturated carbocycles. The molecule has 0 radical (unpaired) electrons. The van der Waals surface area contributed by atoms with Crippen LogP contribution in [0.2, 0.25) is 0 Å². The Morgan fingerprint density at radius 1 is 1.03 bits per heavy atom. The van der Waals surface area contributed by atoms with Crippen LogP contribution in [0.15, 0.2) is 60.8 Å². The topological polar surface area (TPSA) is 119 Å². The molecule has 1 amide bonds. The lowest BCUT2D eigenvalue weighted by Gasteiger charge is -2.29. The molecule has 1 fully saturated rings. The molecular weight excluding hydrogens is 388 g/mol. The minimum absolute atomic E-state index is 0.0687. The fraction of sp³-hybridized carbons (Fsp3) is 0.292. The second-order valence-electron chi connectivity index (χ2n) is 8.01. The summed E-state index contributed by atoms with van der Waals surface area (Å²) in [7, 11) is 0. The van der Waals surface area contributed by atoms with Crippen LogP contribution < -0.4 is 22.1 Å². The monoisotopic (exact) mass is 416 g/mol. The number of nitrogens with zero attached hydrogens (tertiary/aromatic N) is 2. The van der Waals surface area contributed by atoms with E-state index in [0.29, 0.717) is 11.8 Å². The lowest BCUT2D eigenvalue weighted by molar-refractivity contribution is 0.100. The number of carbonyl (C=O) groups excluding carboxylic acids is 1. The predicted octanol–water partition coefficient (Wildman–Crippen LogP) is 3.59. The van der Waals surface area contributed by atoms with Crippen LogP contribution in [0.25, 0.3) is 0 Å². The summed E-state index contributed by atoms with van der Waals surface area (Å²) in [5.41, 5.74) is 15.2. The number of carbonyl (C=O) groups is 1. The third-order valence-electron chi connectivity index (χ3n) is 5.63. The maximum absolute atomic E-state index is 11.9. The van der Waals surface area contributed by atoms with Gasteiger partial charge < -0.3 is 22.1 Å². The molecule has 7 heteroatoms. The van der Waals surface area contributed by atoms with Crippen molar-refractivity contribution in [3.05, 3.63) is 77.5 Å². The Hall–Kier alpha value is -3.45. The van der Waals surface area contributed by atoms with Crippen LogP contribution in [0.3, 0.4) is 0 Å². The maximum Gasteiger partial charge on any atom is 0.254 e. The van der Waals surface area contributed by atoms with Crippen molar-refractivity contribution < 1.29 is 4.79 Å². The van der Waals surface area contributed by atoms with Crippen molar-refractivity contribution in [2.75, 3.05) is 10.6 Å². The van der Waals surface area contributed by atoms with E-state index >= 15 is 0 Å². The van der Waals surface area contributed by atoms with Gasteiger partial charge in [-0.2, -0.15) is 4.98 Å². The predicted molar refractivity (Wildman–Crippen MR) is 123 cm³/mol. The van der Waals surface area contributed by atoms with Gasteiger partial charge in [0.15, 0.2) is 0 Å². The van der Waals surface area contributed by atoms with Crippen molar-refractivity contribution >= 4 is 23.4 Å². The first-order valence-electron chi connectivity index (χ1n) is 10.7. The quantitative estimate of drug-likeness (QED) is 0.467. The van der Waals surface area contributed by atoms with Crippen molar-refractivity contribution in [3.8, 4) is 0 Å². The van der Waals surface area contributed by atoms with E-state index < -0.39 is 5.91 Å². The number of hydrogen-bond acceptors (Lipinski definition) is 6. The highest BCUT2D eigenvalue weighted by Gasteiger charge is 2.23. The number of rotatable bonds is 7. The van der Waals surface area contributed by atoms with Crippen LogP contribution >= 0.6 is 0 Å². The zero-order valence-corrected chi connectivity index (χ0v) is 17.4. The van der Waals surface area contributed by atoms with Crippen LogP contribution in [-0.2, 0) is 6.42 Å². The Morgan fingerprint density at radius 2 is 1.81 bits per heavy atom. The van der Waals surface area contributed by atoms with E-state index in [1.165, 1.54) is 11.8 Å². The summed E-state index contributed by atoms with van der Waals surface area (Å²) in [5.74, 6) is 0.241. The summed E-state index contributed by atoms with van der Waals surface area (Å²) in [6.45, 7) is 0.